The minimum atomic E-state index is 0.641. The zero-order chi connectivity index (χ0) is 19.1. The van der Waals surface area contributed by atoms with Crippen LogP contribution in [0.5, 0.6) is 0 Å². The van der Waals surface area contributed by atoms with Gasteiger partial charge in [0, 0.05) is 10.0 Å². The first-order valence-electron chi connectivity index (χ1n) is 9.18. The average Bonchev–Trinajstić information content (AvgIpc) is 2.71. The van der Waals surface area contributed by atoms with Crippen molar-refractivity contribution in [3.8, 4) is 22.3 Å². The van der Waals surface area contributed by atoms with Gasteiger partial charge in [0.2, 0.25) is 0 Å². The van der Waals surface area contributed by atoms with Crippen molar-refractivity contribution in [3.63, 3.8) is 0 Å². The lowest BCUT2D eigenvalue weighted by Crippen LogP contribution is -1.90. The number of halogens is 2. The van der Waals surface area contributed by atoms with E-state index in [0.717, 1.165) is 11.1 Å². The Kier molecular flexibility index (Phi) is 4.31. The molecule has 0 atom stereocenters. The fourth-order valence-corrected chi connectivity index (χ4v) is 4.58. The third kappa shape index (κ3) is 2.86. The topological polar surface area (TPSA) is 0 Å². The van der Waals surface area contributed by atoms with Gasteiger partial charge in [0.25, 0.3) is 0 Å². The van der Waals surface area contributed by atoms with Gasteiger partial charge in [0.05, 0.1) is 0 Å². The molecule has 5 rings (SSSR count). The van der Waals surface area contributed by atoms with E-state index in [0.29, 0.717) is 10.0 Å². The van der Waals surface area contributed by atoms with Crippen molar-refractivity contribution in [2.75, 3.05) is 0 Å². The van der Waals surface area contributed by atoms with Gasteiger partial charge in [-0.2, -0.15) is 0 Å². The number of rotatable bonds is 2. The smallest absolute Gasteiger partial charge is 0.0426 e. The monoisotopic (exact) mass is 398 g/mol. The summed E-state index contributed by atoms with van der Waals surface area (Å²) in [5.41, 5.74) is 4.66. The summed E-state index contributed by atoms with van der Waals surface area (Å²) >= 11 is 12.7. The summed E-state index contributed by atoms with van der Waals surface area (Å²) in [4.78, 5) is 0. The second-order valence-electron chi connectivity index (χ2n) is 6.87. The summed E-state index contributed by atoms with van der Waals surface area (Å²) < 4.78 is 0. The highest BCUT2D eigenvalue weighted by Gasteiger charge is 2.16. The molecule has 28 heavy (non-hydrogen) atoms. The van der Waals surface area contributed by atoms with Gasteiger partial charge in [-0.1, -0.05) is 102 Å². The van der Waals surface area contributed by atoms with Gasteiger partial charge in [-0.05, 0) is 62.0 Å². The predicted octanol–water partition coefficient (Wildman–Crippen LogP) is 8.63. The number of fused-ring (bicyclic) bond motifs is 2. The number of hydrogen-bond donors (Lipinski definition) is 0. The molecule has 5 aromatic rings. The molecule has 0 unspecified atom stereocenters. The molecule has 0 aliphatic rings. The highest BCUT2D eigenvalue weighted by atomic mass is 35.5. The van der Waals surface area contributed by atoms with Gasteiger partial charge in [0.15, 0.2) is 0 Å². The highest BCUT2D eigenvalue weighted by molar-refractivity contribution is 6.35. The molecule has 0 radical (unpaired) electrons. The van der Waals surface area contributed by atoms with Gasteiger partial charge in [-0.3, -0.25) is 0 Å². The molecule has 0 N–H and O–H groups in total. The molecule has 0 bridgehead atoms. The quantitative estimate of drug-likeness (QED) is 0.261. The molecule has 0 aliphatic carbocycles. The predicted molar refractivity (Wildman–Crippen MR) is 122 cm³/mol. The van der Waals surface area contributed by atoms with Crippen molar-refractivity contribution in [2.45, 2.75) is 0 Å². The van der Waals surface area contributed by atoms with Gasteiger partial charge < -0.3 is 0 Å². The van der Waals surface area contributed by atoms with E-state index in [4.69, 9.17) is 23.2 Å². The summed E-state index contributed by atoms with van der Waals surface area (Å²) in [6.45, 7) is 0. The van der Waals surface area contributed by atoms with Crippen molar-refractivity contribution < 1.29 is 0 Å². The standard InChI is InChI=1S/C26H16Cl2/c27-19-14-18(15-20(28)16-19)26-23-12-6-4-10-21(23)25(17-8-2-1-3-9-17)22-11-5-7-13-24(22)26/h1-16H. The largest absolute Gasteiger partial charge is 0.0843 e. The van der Waals surface area contributed by atoms with Crippen LogP contribution in [0.2, 0.25) is 10.0 Å². The molecule has 0 aromatic heterocycles. The van der Waals surface area contributed by atoms with Crippen LogP contribution in [0.1, 0.15) is 0 Å². The second-order valence-corrected chi connectivity index (χ2v) is 7.74. The van der Waals surface area contributed by atoms with Crippen LogP contribution in [-0.2, 0) is 0 Å². The Morgan fingerprint density at radius 3 is 1.25 bits per heavy atom. The van der Waals surface area contributed by atoms with Crippen molar-refractivity contribution in [3.05, 3.63) is 107 Å². The maximum atomic E-state index is 6.35. The van der Waals surface area contributed by atoms with Gasteiger partial charge >= 0.3 is 0 Å². The van der Waals surface area contributed by atoms with Crippen molar-refractivity contribution in [1.82, 2.24) is 0 Å². The average molecular weight is 399 g/mol. The fraction of sp³-hybridized carbons (Fsp3) is 0. The van der Waals surface area contributed by atoms with Gasteiger partial charge in [-0.15, -0.1) is 0 Å². The lowest BCUT2D eigenvalue weighted by molar-refractivity contribution is 1.65. The van der Waals surface area contributed by atoms with E-state index in [9.17, 15) is 0 Å². The van der Waals surface area contributed by atoms with Crippen LogP contribution in [0.15, 0.2) is 97.1 Å². The van der Waals surface area contributed by atoms with Crippen molar-refractivity contribution >= 4 is 44.7 Å². The van der Waals surface area contributed by atoms with Crippen LogP contribution in [0.3, 0.4) is 0 Å². The molecule has 0 saturated carbocycles. The molecule has 5 aromatic carbocycles. The zero-order valence-electron chi connectivity index (χ0n) is 15.0. The molecule has 0 amide bonds. The normalized spacial score (nSPS) is 11.2. The molecule has 0 fully saturated rings. The van der Waals surface area contributed by atoms with Gasteiger partial charge in [0.1, 0.15) is 0 Å². The molecule has 2 heteroatoms. The van der Waals surface area contributed by atoms with Crippen LogP contribution in [-0.4, -0.2) is 0 Å². The Morgan fingerprint density at radius 1 is 0.393 bits per heavy atom. The molecule has 0 spiro atoms. The van der Waals surface area contributed by atoms with E-state index < -0.39 is 0 Å². The zero-order valence-corrected chi connectivity index (χ0v) is 16.5. The third-order valence-electron chi connectivity index (χ3n) is 5.15. The molecule has 0 aliphatic heterocycles. The molecule has 0 saturated heterocycles. The van der Waals surface area contributed by atoms with Crippen LogP contribution in [0.4, 0.5) is 0 Å². The maximum absolute atomic E-state index is 6.35. The van der Waals surface area contributed by atoms with E-state index in [-0.39, 0.29) is 0 Å². The van der Waals surface area contributed by atoms with Crippen molar-refractivity contribution in [1.29, 1.82) is 0 Å². The first-order valence-corrected chi connectivity index (χ1v) is 9.93. The Balaban J connectivity index is 2.00. The minimum absolute atomic E-state index is 0.641. The summed E-state index contributed by atoms with van der Waals surface area (Å²) in [6.07, 6.45) is 0. The molecule has 0 nitrogen and oxygen atoms in total. The Bertz CT molecular complexity index is 1240. The summed E-state index contributed by atoms with van der Waals surface area (Å²) in [7, 11) is 0. The Morgan fingerprint density at radius 2 is 0.786 bits per heavy atom. The van der Waals surface area contributed by atoms with E-state index in [1.807, 2.05) is 12.1 Å². The third-order valence-corrected chi connectivity index (χ3v) is 5.58. The van der Waals surface area contributed by atoms with Crippen LogP contribution in [0, 0.1) is 0 Å². The van der Waals surface area contributed by atoms with Crippen LogP contribution < -0.4 is 0 Å². The van der Waals surface area contributed by atoms with Crippen LogP contribution >= 0.6 is 23.2 Å². The number of hydrogen-bond acceptors (Lipinski definition) is 0. The minimum Gasteiger partial charge on any atom is -0.0843 e. The lowest BCUT2D eigenvalue weighted by atomic mass is 9.86. The fourth-order valence-electron chi connectivity index (χ4n) is 4.05. The molecule has 0 heterocycles. The molecule has 134 valence electrons. The lowest BCUT2D eigenvalue weighted by Gasteiger charge is -2.18. The first kappa shape index (κ1) is 17.3. The van der Waals surface area contributed by atoms with Crippen LogP contribution in [0.25, 0.3) is 43.8 Å². The number of benzene rings is 5. The van der Waals surface area contributed by atoms with E-state index in [1.54, 1.807) is 6.07 Å². The SMILES string of the molecule is Clc1cc(Cl)cc(-c2c3ccccc3c(-c3ccccc3)c3ccccc23)c1. The Labute approximate surface area is 174 Å². The van der Waals surface area contributed by atoms with Gasteiger partial charge in [-0.25, -0.2) is 0 Å². The summed E-state index contributed by atoms with van der Waals surface area (Å²) in [5.74, 6) is 0. The Hall–Kier alpha value is -2.80. The highest BCUT2D eigenvalue weighted by Crippen LogP contribution is 2.44. The molecular formula is C26H16Cl2. The van der Waals surface area contributed by atoms with E-state index in [2.05, 4.69) is 78.9 Å². The van der Waals surface area contributed by atoms with Crippen molar-refractivity contribution in [2.24, 2.45) is 0 Å². The van der Waals surface area contributed by atoms with E-state index in [1.165, 1.54) is 32.7 Å². The maximum Gasteiger partial charge on any atom is 0.0426 e. The molecular weight excluding hydrogens is 383 g/mol. The van der Waals surface area contributed by atoms with E-state index >= 15 is 0 Å². The first-order chi connectivity index (χ1) is 13.7. The summed E-state index contributed by atoms with van der Waals surface area (Å²) in [5, 5.41) is 6.11. The summed E-state index contributed by atoms with van der Waals surface area (Å²) in [6, 6.07) is 33.4. The second kappa shape index (κ2) is 6.98.